The van der Waals surface area contributed by atoms with E-state index in [1.54, 1.807) is 12.0 Å². The van der Waals surface area contributed by atoms with Gasteiger partial charge in [-0.2, -0.15) is 0 Å². The molecular weight excluding hydrogens is 278 g/mol. The van der Waals surface area contributed by atoms with Crippen molar-refractivity contribution >= 4 is 5.91 Å². The number of carbonyl (C=O) groups is 1. The largest absolute Gasteiger partial charge is 0.497 e. The molecule has 22 heavy (non-hydrogen) atoms. The maximum atomic E-state index is 12.1. The number of ether oxygens (including phenoxy) is 2. The van der Waals surface area contributed by atoms with Crippen LogP contribution >= 0.6 is 0 Å². The predicted octanol–water partition coefficient (Wildman–Crippen LogP) is 2.62. The van der Waals surface area contributed by atoms with Gasteiger partial charge >= 0.3 is 0 Å². The van der Waals surface area contributed by atoms with Gasteiger partial charge in [0.25, 0.3) is 5.91 Å². The molecule has 0 bridgehead atoms. The van der Waals surface area contributed by atoms with Gasteiger partial charge in [0.15, 0.2) is 6.10 Å². The van der Waals surface area contributed by atoms with Gasteiger partial charge in [0.1, 0.15) is 5.75 Å². The first-order valence-corrected chi connectivity index (χ1v) is 7.33. The Hall–Kier alpha value is -2.33. The van der Waals surface area contributed by atoms with Crippen LogP contribution in [0.15, 0.2) is 54.6 Å². The number of hydrogen-bond acceptors (Lipinski definition) is 3. The Balaban J connectivity index is 1.47. The summed E-state index contributed by atoms with van der Waals surface area (Å²) < 4.78 is 10.8. The molecule has 4 heteroatoms. The number of β-lactam (4-membered cyclic amide) rings is 1. The van der Waals surface area contributed by atoms with Crippen molar-refractivity contribution in [1.82, 2.24) is 4.90 Å². The average Bonchev–Trinajstić information content (AvgIpc) is 2.58. The lowest BCUT2D eigenvalue weighted by Crippen LogP contribution is -2.56. The summed E-state index contributed by atoms with van der Waals surface area (Å²) in [5.74, 6) is 0.884. The molecule has 1 aliphatic rings. The van der Waals surface area contributed by atoms with Crippen molar-refractivity contribution in [3.8, 4) is 5.75 Å². The van der Waals surface area contributed by atoms with Crippen molar-refractivity contribution in [3.05, 3.63) is 65.7 Å². The lowest BCUT2D eigenvalue weighted by molar-refractivity contribution is -0.164. The number of likely N-dealkylation sites (tertiary alicyclic amines) is 1. The average molecular weight is 297 g/mol. The molecule has 3 rings (SSSR count). The van der Waals surface area contributed by atoms with Crippen molar-refractivity contribution in [2.75, 3.05) is 13.7 Å². The zero-order valence-corrected chi connectivity index (χ0v) is 12.6. The molecule has 2 aromatic rings. The standard InChI is InChI=1S/C18H19NO3/c1-21-16-9-7-14(8-10-16)11-19-12-17(18(19)20)22-13-15-5-3-2-4-6-15/h2-10,17H,11-13H2,1H3. The Bertz CT molecular complexity index is 625. The second-order valence-corrected chi connectivity index (χ2v) is 5.35. The van der Waals surface area contributed by atoms with E-state index >= 15 is 0 Å². The summed E-state index contributed by atoms with van der Waals surface area (Å²) >= 11 is 0. The zero-order valence-electron chi connectivity index (χ0n) is 12.6. The summed E-state index contributed by atoms with van der Waals surface area (Å²) in [6.07, 6.45) is -0.307. The molecule has 1 atom stereocenters. The third-order valence-electron chi connectivity index (χ3n) is 3.80. The molecule has 4 nitrogen and oxygen atoms in total. The molecule has 1 unspecified atom stereocenters. The van der Waals surface area contributed by atoms with E-state index in [2.05, 4.69) is 0 Å². The predicted molar refractivity (Wildman–Crippen MR) is 83.4 cm³/mol. The van der Waals surface area contributed by atoms with Crippen LogP contribution in [0.4, 0.5) is 0 Å². The van der Waals surface area contributed by atoms with Gasteiger partial charge < -0.3 is 14.4 Å². The number of benzene rings is 2. The number of carbonyl (C=O) groups excluding carboxylic acids is 1. The Morgan fingerprint density at radius 3 is 2.41 bits per heavy atom. The van der Waals surface area contributed by atoms with E-state index in [0.29, 0.717) is 19.7 Å². The van der Waals surface area contributed by atoms with E-state index in [4.69, 9.17) is 9.47 Å². The van der Waals surface area contributed by atoms with E-state index in [0.717, 1.165) is 16.9 Å². The topological polar surface area (TPSA) is 38.8 Å². The number of methoxy groups -OCH3 is 1. The van der Waals surface area contributed by atoms with Crippen molar-refractivity contribution in [2.45, 2.75) is 19.3 Å². The van der Waals surface area contributed by atoms with Crippen LogP contribution in [0, 0.1) is 0 Å². The molecule has 0 radical (unpaired) electrons. The molecule has 0 saturated carbocycles. The summed E-state index contributed by atoms with van der Waals surface area (Å²) in [5.41, 5.74) is 2.18. The highest BCUT2D eigenvalue weighted by molar-refractivity contribution is 5.86. The maximum Gasteiger partial charge on any atom is 0.253 e. The third kappa shape index (κ3) is 3.28. The fraction of sp³-hybridized carbons (Fsp3) is 0.278. The Morgan fingerprint density at radius 2 is 1.77 bits per heavy atom. The number of rotatable bonds is 6. The first-order valence-electron chi connectivity index (χ1n) is 7.33. The number of amides is 1. The Labute approximate surface area is 130 Å². The van der Waals surface area contributed by atoms with Crippen LogP contribution in [0.1, 0.15) is 11.1 Å². The smallest absolute Gasteiger partial charge is 0.253 e. The van der Waals surface area contributed by atoms with Crippen LogP contribution in [0.3, 0.4) is 0 Å². The summed E-state index contributed by atoms with van der Waals surface area (Å²) in [7, 11) is 1.64. The minimum atomic E-state index is -0.307. The second kappa shape index (κ2) is 6.62. The van der Waals surface area contributed by atoms with E-state index in [1.165, 1.54) is 0 Å². The highest BCUT2D eigenvalue weighted by Gasteiger charge is 2.37. The van der Waals surface area contributed by atoms with Crippen LogP contribution in [0.2, 0.25) is 0 Å². The normalized spacial score (nSPS) is 17.2. The third-order valence-corrected chi connectivity index (χ3v) is 3.80. The SMILES string of the molecule is COc1ccc(CN2CC(OCc3ccccc3)C2=O)cc1. The second-order valence-electron chi connectivity index (χ2n) is 5.35. The minimum absolute atomic E-state index is 0.0618. The first-order chi connectivity index (χ1) is 10.8. The van der Waals surface area contributed by atoms with Gasteiger partial charge in [-0.3, -0.25) is 4.79 Å². The molecule has 0 N–H and O–H groups in total. The van der Waals surface area contributed by atoms with Crippen LogP contribution in [0.5, 0.6) is 5.75 Å². The lowest BCUT2D eigenvalue weighted by Gasteiger charge is -2.38. The highest BCUT2D eigenvalue weighted by atomic mass is 16.5. The minimum Gasteiger partial charge on any atom is -0.497 e. The Kier molecular flexibility index (Phi) is 4.39. The van der Waals surface area contributed by atoms with E-state index in [9.17, 15) is 4.79 Å². The van der Waals surface area contributed by atoms with Crippen molar-refractivity contribution in [2.24, 2.45) is 0 Å². The fourth-order valence-electron chi connectivity index (χ4n) is 2.45. The molecule has 114 valence electrons. The van der Waals surface area contributed by atoms with E-state index in [1.807, 2.05) is 54.6 Å². The van der Waals surface area contributed by atoms with Gasteiger partial charge in [-0.15, -0.1) is 0 Å². The van der Waals surface area contributed by atoms with E-state index in [-0.39, 0.29) is 12.0 Å². The van der Waals surface area contributed by atoms with E-state index < -0.39 is 0 Å². The Morgan fingerprint density at radius 1 is 1.05 bits per heavy atom. The fourth-order valence-corrected chi connectivity index (χ4v) is 2.45. The summed E-state index contributed by atoms with van der Waals surface area (Å²) in [4.78, 5) is 13.9. The molecule has 0 spiro atoms. The molecule has 1 fully saturated rings. The number of hydrogen-bond donors (Lipinski definition) is 0. The van der Waals surface area contributed by atoms with Crippen molar-refractivity contribution in [3.63, 3.8) is 0 Å². The quantitative estimate of drug-likeness (QED) is 0.769. The summed E-state index contributed by atoms with van der Waals surface area (Å²) in [5, 5.41) is 0. The van der Waals surface area contributed by atoms with Gasteiger partial charge in [-0.25, -0.2) is 0 Å². The summed E-state index contributed by atoms with van der Waals surface area (Å²) in [6.45, 7) is 1.75. The molecule has 1 amide bonds. The number of nitrogens with zero attached hydrogens (tertiary/aromatic N) is 1. The van der Waals surface area contributed by atoms with Crippen molar-refractivity contribution in [1.29, 1.82) is 0 Å². The maximum absolute atomic E-state index is 12.1. The molecular formula is C18H19NO3. The molecule has 1 aliphatic heterocycles. The molecule has 0 aliphatic carbocycles. The monoisotopic (exact) mass is 297 g/mol. The summed E-state index contributed by atoms with van der Waals surface area (Å²) in [6, 6.07) is 17.7. The van der Waals surface area contributed by atoms with Crippen LogP contribution in [-0.2, 0) is 22.7 Å². The molecule has 1 heterocycles. The van der Waals surface area contributed by atoms with Crippen LogP contribution in [-0.4, -0.2) is 30.6 Å². The van der Waals surface area contributed by atoms with Gasteiger partial charge in [0, 0.05) is 6.54 Å². The van der Waals surface area contributed by atoms with Crippen LogP contribution < -0.4 is 4.74 Å². The lowest BCUT2D eigenvalue weighted by atomic mass is 10.1. The van der Waals surface area contributed by atoms with Gasteiger partial charge in [0.2, 0.25) is 0 Å². The molecule has 0 aromatic heterocycles. The molecule has 2 aromatic carbocycles. The van der Waals surface area contributed by atoms with Gasteiger partial charge in [-0.05, 0) is 23.3 Å². The first kappa shape index (κ1) is 14.6. The highest BCUT2D eigenvalue weighted by Crippen LogP contribution is 2.20. The van der Waals surface area contributed by atoms with Gasteiger partial charge in [0.05, 0.1) is 20.3 Å². The van der Waals surface area contributed by atoms with Crippen LogP contribution in [0.25, 0.3) is 0 Å². The van der Waals surface area contributed by atoms with Crippen molar-refractivity contribution < 1.29 is 14.3 Å². The van der Waals surface area contributed by atoms with Gasteiger partial charge in [-0.1, -0.05) is 42.5 Å². The molecule has 1 saturated heterocycles. The zero-order chi connectivity index (χ0) is 15.4.